The molecule has 0 aromatic heterocycles. The van der Waals surface area contributed by atoms with Gasteiger partial charge in [0.2, 0.25) is 5.91 Å². The third-order valence-electron chi connectivity index (χ3n) is 3.70. The number of amides is 3. The Morgan fingerprint density at radius 2 is 2.00 bits per heavy atom. The number of urea groups is 1. The Bertz CT molecular complexity index is 533. The molecule has 2 aliphatic rings. The number of fused-ring (bicyclic) bond motifs is 2. The van der Waals surface area contributed by atoms with E-state index in [2.05, 4.69) is 5.32 Å². The predicted octanol–water partition coefficient (Wildman–Crippen LogP) is 0.874. The van der Waals surface area contributed by atoms with Crippen molar-refractivity contribution in [2.75, 3.05) is 32.5 Å². The van der Waals surface area contributed by atoms with Crippen LogP contribution in [0.2, 0.25) is 0 Å². The van der Waals surface area contributed by atoms with E-state index in [0.29, 0.717) is 13.1 Å². The van der Waals surface area contributed by atoms with E-state index >= 15 is 0 Å². The second-order valence-electron chi connectivity index (χ2n) is 5.11. The molecule has 2 heterocycles. The van der Waals surface area contributed by atoms with Crippen LogP contribution < -0.4 is 5.32 Å². The van der Waals surface area contributed by atoms with Crippen molar-refractivity contribution in [3.05, 3.63) is 29.8 Å². The normalized spacial score (nSPS) is 19.2. The highest BCUT2D eigenvalue weighted by molar-refractivity contribution is 6.08. The van der Waals surface area contributed by atoms with Crippen molar-refractivity contribution in [3.63, 3.8) is 0 Å². The van der Waals surface area contributed by atoms with Crippen molar-refractivity contribution in [1.82, 2.24) is 9.80 Å². The minimum atomic E-state index is -0.526. The van der Waals surface area contributed by atoms with Gasteiger partial charge in [0, 0.05) is 32.9 Å². The summed E-state index contributed by atoms with van der Waals surface area (Å²) in [6.07, 6.45) is 0. The molecule has 1 aromatic rings. The molecule has 3 amide bonds. The van der Waals surface area contributed by atoms with Crippen molar-refractivity contribution in [2.24, 2.45) is 0 Å². The summed E-state index contributed by atoms with van der Waals surface area (Å²) < 4.78 is 0. The van der Waals surface area contributed by atoms with Crippen molar-refractivity contribution in [1.29, 1.82) is 0 Å². The summed E-state index contributed by atoms with van der Waals surface area (Å²) in [5.41, 5.74) is 1.36. The minimum absolute atomic E-state index is 0.00602. The van der Waals surface area contributed by atoms with Gasteiger partial charge in [-0.3, -0.25) is 4.79 Å². The molecule has 0 atom stereocenters. The summed E-state index contributed by atoms with van der Waals surface area (Å²) in [4.78, 5) is 27.1. The number of para-hydroxylation sites is 1. The van der Waals surface area contributed by atoms with Crippen molar-refractivity contribution < 1.29 is 9.59 Å². The number of carbonyl (C=O) groups is 2. The molecule has 1 saturated heterocycles. The number of nitrogens with one attached hydrogen (secondary N) is 1. The predicted molar refractivity (Wildman–Crippen MR) is 67.4 cm³/mol. The van der Waals surface area contributed by atoms with Crippen LogP contribution >= 0.6 is 0 Å². The molecule has 18 heavy (non-hydrogen) atoms. The van der Waals surface area contributed by atoms with Crippen LogP contribution in [0.3, 0.4) is 0 Å². The fraction of sp³-hybridized carbons (Fsp3) is 0.385. The monoisotopic (exact) mass is 245 g/mol. The molecule has 0 saturated carbocycles. The molecule has 5 heteroatoms. The molecule has 1 spiro atoms. The van der Waals surface area contributed by atoms with Crippen LogP contribution in [0, 0.1) is 0 Å². The van der Waals surface area contributed by atoms with E-state index in [0.717, 1.165) is 11.3 Å². The maximum Gasteiger partial charge on any atom is 0.319 e. The van der Waals surface area contributed by atoms with Gasteiger partial charge in [-0.1, -0.05) is 18.2 Å². The Hall–Kier alpha value is -2.04. The number of hydrogen-bond donors (Lipinski definition) is 1. The first-order valence-corrected chi connectivity index (χ1v) is 5.92. The highest BCUT2D eigenvalue weighted by Crippen LogP contribution is 2.44. The molecule has 1 N–H and O–H groups in total. The molecule has 0 aliphatic carbocycles. The van der Waals surface area contributed by atoms with Gasteiger partial charge in [0.15, 0.2) is 0 Å². The van der Waals surface area contributed by atoms with Crippen molar-refractivity contribution in [2.45, 2.75) is 5.41 Å². The second-order valence-corrected chi connectivity index (χ2v) is 5.11. The van der Waals surface area contributed by atoms with E-state index in [1.54, 1.807) is 19.0 Å². The number of carbonyl (C=O) groups excluding carboxylic acids is 2. The molecule has 5 nitrogen and oxygen atoms in total. The molecule has 0 radical (unpaired) electrons. The van der Waals surface area contributed by atoms with Crippen LogP contribution in [0.15, 0.2) is 24.3 Å². The maximum absolute atomic E-state index is 12.1. The number of nitrogens with zero attached hydrogens (tertiary/aromatic N) is 2. The first kappa shape index (κ1) is 11.1. The van der Waals surface area contributed by atoms with E-state index < -0.39 is 5.41 Å². The van der Waals surface area contributed by atoms with Crippen LogP contribution in [-0.4, -0.2) is 48.9 Å². The first-order valence-electron chi connectivity index (χ1n) is 5.92. The Labute approximate surface area is 105 Å². The van der Waals surface area contributed by atoms with Gasteiger partial charge in [-0.05, 0) is 11.6 Å². The zero-order chi connectivity index (χ0) is 12.9. The number of anilines is 1. The Morgan fingerprint density at radius 3 is 2.67 bits per heavy atom. The number of likely N-dealkylation sites (tertiary alicyclic amines) is 1. The smallest absolute Gasteiger partial charge is 0.319 e. The molecule has 3 rings (SSSR count). The van der Waals surface area contributed by atoms with Crippen LogP contribution in [0.4, 0.5) is 10.5 Å². The highest BCUT2D eigenvalue weighted by atomic mass is 16.2. The molecular formula is C13H15N3O2. The lowest BCUT2D eigenvalue weighted by molar-refractivity contribution is -0.125. The van der Waals surface area contributed by atoms with Crippen LogP contribution in [0.1, 0.15) is 5.56 Å². The van der Waals surface area contributed by atoms with Gasteiger partial charge in [0.1, 0.15) is 5.41 Å². The van der Waals surface area contributed by atoms with Crippen LogP contribution in [-0.2, 0) is 10.2 Å². The van der Waals surface area contributed by atoms with E-state index in [-0.39, 0.29) is 11.9 Å². The standard InChI is InChI=1S/C13H15N3O2/c1-15(2)12(18)16-7-13(8-16)9-5-3-4-6-10(9)14-11(13)17/h3-6H,7-8H2,1-2H3,(H,14,17). The van der Waals surface area contributed by atoms with Gasteiger partial charge in [0.05, 0.1) is 0 Å². The summed E-state index contributed by atoms with van der Waals surface area (Å²) >= 11 is 0. The van der Waals surface area contributed by atoms with Crippen molar-refractivity contribution in [3.8, 4) is 0 Å². The van der Waals surface area contributed by atoms with Gasteiger partial charge in [-0.15, -0.1) is 0 Å². The lowest BCUT2D eigenvalue weighted by Crippen LogP contribution is -2.65. The number of hydrogen-bond acceptors (Lipinski definition) is 2. The van der Waals surface area contributed by atoms with E-state index in [9.17, 15) is 9.59 Å². The lowest BCUT2D eigenvalue weighted by Gasteiger charge is -2.47. The molecule has 0 bridgehead atoms. The Balaban J connectivity index is 1.87. The summed E-state index contributed by atoms with van der Waals surface area (Å²) in [7, 11) is 3.44. The van der Waals surface area contributed by atoms with E-state index in [1.807, 2.05) is 24.3 Å². The third kappa shape index (κ3) is 1.27. The molecule has 1 fully saturated rings. The Kier molecular flexibility index (Phi) is 2.14. The third-order valence-corrected chi connectivity index (χ3v) is 3.70. The summed E-state index contributed by atoms with van der Waals surface area (Å²) in [6, 6.07) is 7.65. The minimum Gasteiger partial charge on any atom is -0.331 e. The fourth-order valence-electron chi connectivity index (χ4n) is 2.71. The zero-order valence-electron chi connectivity index (χ0n) is 10.4. The van der Waals surface area contributed by atoms with Gasteiger partial charge in [-0.2, -0.15) is 0 Å². The van der Waals surface area contributed by atoms with Crippen molar-refractivity contribution >= 4 is 17.6 Å². The highest BCUT2D eigenvalue weighted by Gasteiger charge is 2.56. The molecule has 1 aromatic carbocycles. The van der Waals surface area contributed by atoms with Crippen LogP contribution in [0.5, 0.6) is 0 Å². The van der Waals surface area contributed by atoms with Crippen LogP contribution in [0.25, 0.3) is 0 Å². The molecule has 0 unspecified atom stereocenters. The average Bonchev–Trinajstić information content (AvgIpc) is 2.58. The largest absolute Gasteiger partial charge is 0.331 e. The fourth-order valence-corrected chi connectivity index (χ4v) is 2.71. The number of rotatable bonds is 0. The molecule has 2 aliphatic heterocycles. The average molecular weight is 245 g/mol. The topological polar surface area (TPSA) is 52.7 Å². The van der Waals surface area contributed by atoms with E-state index in [4.69, 9.17) is 0 Å². The summed E-state index contributed by atoms with van der Waals surface area (Å²) in [5, 5.41) is 2.89. The van der Waals surface area contributed by atoms with Gasteiger partial charge < -0.3 is 15.1 Å². The van der Waals surface area contributed by atoms with Gasteiger partial charge in [0.25, 0.3) is 0 Å². The SMILES string of the molecule is CN(C)C(=O)N1CC2(C1)C(=O)Nc1ccccc12. The quantitative estimate of drug-likeness (QED) is 0.737. The summed E-state index contributed by atoms with van der Waals surface area (Å²) in [6.45, 7) is 0.930. The number of benzene rings is 1. The Morgan fingerprint density at radius 1 is 1.33 bits per heavy atom. The lowest BCUT2D eigenvalue weighted by atomic mass is 9.75. The zero-order valence-corrected chi connectivity index (χ0v) is 10.4. The van der Waals surface area contributed by atoms with E-state index in [1.165, 1.54) is 4.90 Å². The first-order chi connectivity index (χ1) is 8.54. The summed E-state index contributed by atoms with van der Waals surface area (Å²) in [5.74, 6) is 0.00602. The molecular weight excluding hydrogens is 230 g/mol. The molecule has 94 valence electrons. The van der Waals surface area contributed by atoms with Gasteiger partial charge in [-0.25, -0.2) is 4.79 Å². The maximum atomic E-state index is 12.1. The second kappa shape index (κ2) is 3.48. The van der Waals surface area contributed by atoms with Gasteiger partial charge >= 0.3 is 6.03 Å².